The van der Waals surface area contributed by atoms with E-state index >= 15 is 0 Å². The SMILES string of the molecule is O=[N+]([O-])c1ccc(ON2CC2c2ccc(Br)cc2)c([N+](=O)[O-])c1. The quantitative estimate of drug-likeness (QED) is 0.446. The molecule has 2 atom stereocenters. The highest BCUT2D eigenvalue weighted by atomic mass is 79.9. The largest absolute Gasteiger partial charge is 0.398 e. The fourth-order valence-electron chi connectivity index (χ4n) is 2.15. The molecule has 1 fully saturated rings. The number of nitro benzene ring substituents is 2. The summed E-state index contributed by atoms with van der Waals surface area (Å²) in [5.74, 6) is -0.0137. The maximum absolute atomic E-state index is 11.1. The molecule has 0 aromatic heterocycles. The molecule has 118 valence electrons. The smallest absolute Gasteiger partial charge is 0.320 e. The zero-order valence-electron chi connectivity index (χ0n) is 11.6. The number of hydrogen-bond donors (Lipinski definition) is 0. The molecule has 1 saturated heterocycles. The van der Waals surface area contributed by atoms with Gasteiger partial charge in [-0.1, -0.05) is 28.1 Å². The van der Waals surface area contributed by atoms with Gasteiger partial charge in [-0.05, 0) is 23.8 Å². The second-order valence-electron chi connectivity index (χ2n) is 4.92. The number of nitrogens with zero attached hydrogens (tertiary/aromatic N) is 3. The van der Waals surface area contributed by atoms with E-state index in [1.807, 2.05) is 24.3 Å². The zero-order chi connectivity index (χ0) is 16.6. The fraction of sp³-hybridized carbons (Fsp3) is 0.143. The first-order valence-corrected chi connectivity index (χ1v) is 7.38. The van der Waals surface area contributed by atoms with Gasteiger partial charge in [-0.25, -0.2) is 0 Å². The molecule has 0 bridgehead atoms. The van der Waals surface area contributed by atoms with Gasteiger partial charge in [-0.2, -0.15) is 0 Å². The Morgan fingerprint density at radius 2 is 1.78 bits per heavy atom. The summed E-state index contributed by atoms with van der Waals surface area (Å²) in [7, 11) is 0. The summed E-state index contributed by atoms with van der Waals surface area (Å²) in [6.07, 6.45) is 0. The molecule has 0 spiro atoms. The number of halogens is 1. The van der Waals surface area contributed by atoms with Crippen LogP contribution < -0.4 is 4.84 Å². The van der Waals surface area contributed by atoms with Crippen LogP contribution in [0.4, 0.5) is 11.4 Å². The van der Waals surface area contributed by atoms with Crippen LogP contribution in [0, 0.1) is 20.2 Å². The van der Waals surface area contributed by atoms with Gasteiger partial charge >= 0.3 is 5.69 Å². The third kappa shape index (κ3) is 3.30. The van der Waals surface area contributed by atoms with E-state index in [-0.39, 0.29) is 17.5 Å². The molecule has 0 saturated carbocycles. The van der Waals surface area contributed by atoms with Crippen LogP contribution in [-0.4, -0.2) is 21.5 Å². The van der Waals surface area contributed by atoms with E-state index in [1.165, 1.54) is 12.1 Å². The molecular formula is C14H10BrN3O5. The van der Waals surface area contributed by atoms with Crippen LogP contribution in [0.25, 0.3) is 0 Å². The Labute approximate surface area is 138 Å². The molecule has 9 heteroatoms. The number of benzene rings is 2. The summed E-state index contributed by atoms with van der Waals surface area (Å²) in [5, 5.41) is 23.4. The second-order valence-corrected chi connectivity index (χ2v) is 5.84. The standard InChI is InChI=1S/C14H10BrN3O5/c15-10-3-1-9(2-4-10)13-8-16(13)23-14-6-5-11(17(19)20)7-12(14)18(21)22/h1-7,13H,8H2. The monoisotopic (exact) mass is 379 g/mol. The van der Waals surface area contributed by atoms with Crippen molar-refractivity contribution in [2.75, 3.05) is 6.54 Å². The lowest BCUT2D eigenvalue weighted by Gasteiger charge is -2.07. The van der Waals surface area contributed by atoms with Gasteiger partial charge in [0, 0.05) is 10.5 Å². The third-order valence-corrected chi connectivity index (χ3v) is 3.92. The average molecular weight is 380 g/mol. The van der Waals surface area contributed by atoms with Crippen molar-refractivity contribution in [1.29, 1.82) is 0 Å². The van der Waals surface area contributed by atoms with Gasteiger partial charge in [-0.3, -0.25) is 20.2 Å². The Morgan fingerprint density at radius 3 is 2.39 bits per heavy atom. The molecular weight excluding hydrogens is 370 g/mol. The van der Waals surface area contributed by atoms with Gasteiger partial charge in [-0.15, -0.1) is 5.06 Å². The average Bonchev–Trinajstić information content (AvgIpc) is 3.27. The maximum Gasteiger partial charge on any atom is 0.320 e. The van der Waals surface area contributed by atoms with Gasteiger partial charge in [0.1, 0.15) is 0 Å². The summed E-state index contributed by atoms with van der Waals surface area (Å²) >= 11 is 3.35. The number of hydrogen-bond acceptors (Lipinski definition) is 6. The highest BCUT2D eigenvalue weighted by Crippen LogP contribution is 2.39. The minimum Gasteiger partial charge on any atom is -0.398 e. The van der Waals surface area contributed by atoms with Crippen molar-refractivity contribution in [2.45, 2.75) is 6.04 Å². The Balaban J connectivity index is 1.77. The van der Waals surface area contributed by atoms with E-state index in [0.717, 1.165) is 16.1 Å². The lowest BCUT2D eigenvalue weighted by Crippen LogP contribution is -2.06. The maximum atomic E-state index is 11.1. The van der Waals surface area contributed by atoms with Gasteiger partial charge < -0.3 is 4.84 Å². The topological polar surface area (TPSA) is 98.5 Å². The van der Waals surface area contributed by atoms with E-state index < -0.39 is 15.5 Å². The van der Waals surface area contributed by atoms with Crippen molar-refractivity contribution in [2.24, 2.45) is 0 Å². The van der Waals surface area contributed by atoms with E-state index in [1.54, 1.807) is 5.06 Å². The van der Waals surface area contributed by atoms with Crippen LogP contribution in [-0.2, 0) is 0 Å². The lowest BCUT2D eigenvalue weighted by molar-refractivity contribution is -0.395. The van der Waals surface area contributed by atoms with E-state index in [9.17, 15) is 20.2 Å². The van der Waals surface area contributed by atoms with E-state index in [0.29, 0.717) is 6.54 Å². The molecule has 3 rings (SSSR count). The van der Waals surface area contributed by atoms with Crippen molar-refractivity contribution in [3.05, 3.63) is 72.7 Å². The van der Waals surface area contributed by atoms with E-state index in [4.69, 9.17) is 4.84 Å². The molecule has 1 aliphatic rings. The van der Waals surface area contributed by atoms with Gasteiger partial charge in [0.15, 0.2) is 0 Å². The summed E-state index contributed by atoms with van der Waals surface area (Å²) < 4.78 is 0.959. The van der Waals surface area contributed by atoms with Gasteiger partial charge in [0.05, 0.1) is 28.5 Å². The number of nitro groups is 2. The predicted molar refractivity (Wildman–Crippen MR) is 84.0 cm³/mol. The van der Waals surface area contributed by atoms with Crippen molar-refractivity contribution in [3.8, 4) is 5.75 Å². The zero-order valence-corrected chi connectivity index (χ0v) is 13.2. The highest BCUT2D eigenvalue weighted by Gasteiger charge is 2.39. The minimum atomic E-state index is -0.694. The third-order valence-electron chi connectivity index (χ3n) is 3.39. The van der Waals surface area contributed by atoms with Crippen LogP contribution in [0.1, 0.15) is 11.6 Å². The van der Waals surface area contributed by atoms with Crippen LogP contribution in [0.2, 0.25) is 0 Å². The van der Waals surface area contributed by atoms with Gasteiger partial charge in [0.2, 0.25) is 5.75 Å². The second kappa shape index (κ2) is 5.94. The number of rotatable bonds is 5. The van der Waals surface area contributed by atoms with Crippen molar-refractivity contribution in [1.82, 2.24) is 5.06 Å². The molecule has 1 heterocycles. The normalized spacial score (nSPS) is 19.2. The van der Waals surface area contributed by atoms with E-state index in [2.05, 4.69) is 15.9 Å². The summed E-state index contributed by atoms with van der Waals surface area (Å²) in [6.45, 7) is 0.593. The Kier molecular flexibility index (Phi) is 3.97. The van der Waals surface area contributed by atoms with Crippen LogP contribution in [0.15, 0.2) is 46.9 Å². The summed E-state index contributed by atoms with van der Waals surface area (Å²) in [6, 6.07) is 11.0. The predicted octanol–water partition coefficient (Wildman–Crippen LogP) is 3.62. The number of hydroxylamine groups is 2. The summed E-state index contributed by atoms with van der Waals surface area (Å²) in [5.41, 5.74) is 0.248. The Hall–Kier alpha value is -2.52. The van der Waals surface area contributed by atoms with Crippen molar-refractivity contribution >= 4 is 27.3 Å². The molecule has 2 aromatic carbocycles. The van der Waals surface area contributed by atoms with Crippen LogP contribution >= 0.6 is 15.9 Å². The minimum absolute atomic E-state index is 0.0119. The Bertz CT molecular complexity index is 780. The first-order valence-electron chi connectivity index (χ1n) is 6.58. The molecule has 0 amide bonds. The molecule has 23 heavy (non-hydrogen) atoms. The molecule has 0 aliphatic carbocycles. The summed E-state index contributed by atoms with van der Waals surface area (Å²) in [4.78, 5) is 25.9. The first kappa shape index (κ1) is 15.4. The van der Waals surface area contributed by atoms with Gasteiger partial charge in [0.25, 0.3) is 5.69 Å². The van der Waals surface area contributed by atoms with Crippen molar-refractivity contribution in [3.63, 3.8) is 0 Å². The Morgan fingerprint density at radius 1 is 1.09 bits per heavy atom. The molecule has 2 unspecified atom stereocenters. The molecule has 0 radical (unpaired) electrons. The highest BCUT2D eigenvalue weighted by molar-refractivity contribution is 9.10. The first-order chi connectivity index (χ1) is 11.0. The molecule has 2 aromatic rings. The fourth-order valence-corrected chi connectivity index (χ4v) is 2.41. The van der Waals surface area contributed by atoms with Crippen LogP contribution in [0.5, 0.6) is 5.75 Å². The molecule has 1 aliphatic heterocycles. The number of non-ortho nitro benzene ring substituents is 1. The van der Waals surface area contributed by atoms with Crippen molar-refractivity contribution < 1.29 is 14.7 Å². The van der Waals surface area contributed by atoms with Crippen LogP contribution in [0.3, 0.4) is 0 Å². The lowest BCUT2D eigenvalue weighted by atomic mass is 10.2. The molecule has 8 nitrogen and oxygen atoms in total. The molecule has 0 N–H and O–H groups in total.